The molecule has 0 fully saturated rings. The largest absolute Gasteiger partial charge is 0.401 e. The highest BCUT2D eigenvalue weighted by molar-refractivity contribution is 6.21. The van der Waals surface area contributed by atoms with Crippen LogP contribution >= 0.6 is 0 Å². The summed E-state index contributed by atoms with van der Waals surface area (Å²) in [7, 11) is 0. The van der Waals surface area contributed by atoms with E-state index in [1.54, 1.807) is 0 Å². The lowest BCUT2D eigenvalue weighted by molar-refractivity contribution is 0.586. The Morgan fingerprint density at radius 2 is 1.00 bits per heavy atom. The first-order chi connectivity index (χ1) is 25.8. The Hall–Kier alpha value is -6.18. The third-order valence-corrected chi connectivity index (χ3v) is 11.0. The van der Waals surface area contributed by atoms with Crippen LogP contribution in [-0.2, 0) is 11.8 Å². The van der Waals surface area contributed by atoms with Gasteiger partial charge in [-0.2, -0.15) is 0 Å². The van der Waals surface area contributed by atoms with Gasteiger partial charge in [-0.25, -0.2) is 0 Å². The molecule has 1 nitrogen and oxygen atoms in total. The molecule has 9 rings (SSSR count). The molecule has 1 heteroatoms. The quantitative estimate of drug-likeness (QED) is 0.180. The Bertz CT molecular complexity index is 2600. The lowest BCUT2D eigenvalue weighted by Crippen LogP contribution is -2.16. The van der Waals surface area contributed by atoms with Crippen LogP contribution in [0.1, 0.15) is 43.9 Å². The number of nitrogens with two attached hydrogens (primary N) is 1. The van der Waals surface area contributed by atoms with Crippen LogP contribution in [0.5, 0.6) is 0 Å². The number of benzene rings is 7. The van der Waals surface area contributed by atoms with Gasteiger partial charge in [0.15, 0.2) is 0 Å². The molecular formula is C52H43N. The number of hydrogen-bond donors (Lipinski definition) is 1. The van der Waals surface area contributed by atoms with Crippen molar-refractivity contribution in [2.24, 2.45) is 5.73 Å². The Balaban J connectivity index is 1.14. The zero-order chi connectivity index (χ0) is 36.1. The molecule has 0 saturated heterocycles. The first-order valence-electron chi connectivity index (χ1n) is 18.7. The second-order valence-corrected chi connectivity index (χ2v) is 15.5. The van der Waals surface area contributed by atoms with Gasteiger partial charge in [0.2, 0.25) is 0 Å². The van der Waals surface area contributed by atoms with E-state index in [1.807, 2.05) is 0 Å². The van der Waals surface area contributed by atoms with Crippen molar-refractivity contribution in [2.75, 3.05) is 0 Å². The second-order valence-electron chi connectivity index (χ2n) is 15.5. The van der Waals surface area contributed by atoms with Crippen molar-refractivity contribution in [1.29, 1.82) is 0 Å². The highest BCUT2D eigenvalue weighted by atomic mass is 14.6. The second kappa shape index (κ2) is 13.1. The Morgan fingerprint density at radius 3 is 1.53 bits per heavy atom. The predicted octanol–water partition coefficient (Wildman–Crippen LogP) is 13.6. The summed E-state index contributed by atoms with van der Waals surface area (Å²) >= 11 is 0. The fraction of sp³-hybridized carbons (Fsp3) is 0.115. The first kappa shape index (κ1) is 32.7. The molecule has 7 aromatic carbocycles. The molecule has 7 aromatic rings. The van der Waals surface area contributed by atoms with Gasteiger partial charge in [0, 0.05) is 17.7 Å². The molecule has 0 spiro atoms. The average Bonchev–Trinajstić information content (AvgIpc) is 3.50. The molecule has 0 unspecified atom stereocenters. The molecule has 0 radical (unpaired) electrons. The van der Waals surface area contributed by atoms with Gasteiger partial charge in [-0.1, -0.05) is 185 Å². The molecule has 0 heterocycles. The lowest BCUT2D eigenvalue weighted by atomic mass is 9.77. The van der Waals surface area contributed by atoms with Crippen LogP contribution < -0.4 is 5.73 Å². The van der Waals surface area contributed by atoms with Gasteiger partial charge in [-0.15, -0.1) is 0 Å². The zero-order valence-electron chi connectivity index (χ0n) is 30.7. The summed E-state index contributed by atoms with van der Waals surface area (Å²) in [6, 6.07) is 51.4. The van der Waals surface area contributed by atoms with Gasteiger partial charge >= 0.3 is 0 Å². The Morgan fingerprint density at radius 1 is 0.509 bits per heavy atom. The first-order valence-corrected chi connectivity index (χ1v) is 18.7. The minimum absolute atomic E-state index is 0.0583. The predicted molar refractivity (Wildman–Crippen MR) is 228 cm³/mol. The summed E-state index contributed by atoms with van der Waals surface area (Å²) in [5, 5.41) is 5.06. The fourth-order valence-corrected chi connectivity index (χ4v) is 8.66. The molecule has 0 saturated carbocycles. The lowest BCUT2D eigenvalue weighted by Gasteiger charge is -2.27. The van der Waals surface area contributed by atoms with Gasteiger partial charge in [0.25, 0.3) is 0 Å². The van der Waals surface area contributed by atoms with Crippen LogP contribution in [0.4, 0.5) is 0 Å². The van der Waals surface area contributed by atoms with E-state index in [-0.39, 0.29) is 5.41 Å². The van der Waals surface area contributed by atoms with Gasteiger partial charge in [0.1, 0.15) is 0 Å². The third-order valence-electron chi connectivity index (χ3n) is 11.0. The van der Waals surface area contributed by atoms with E-state index in [9.17, 15) is 0 Å². The summed E-state index contributed by atoms with van der Waals surface area (Å²) < 4.78 is 0. The van der Waals surface area contributed by atoms with Crippen LogP contribution in [0.2, 0.25) is 0 Å². The summed E-state index contributed by atoms with van der Waals surface area (Å²) in [5.41, 5.74) is 24.2. The summed E-state index contributed by atoms with van der Waals surface area (Å²) in [6.45, 7) is 6.99. The summed E-state index contributed by atoms with van der Waals surface area (Å²) in [4.78, 5) is 0. The molecule has 2 aliphatic rings. The molecule has 0 bridgehead atoms. The summed E-state index contributed by atoms with van der Waals surface area (Å²) in [6.07, 6.45) is 12.6. The van der Waals surface area contributed by atoms with E-state index in [4.69, 9.17) is 5.73 Å². The number of hydrogen-bond acceptors (Lipinski definition) is 1. The van der Waals surface area contributed by atoms with Gasteiger partial charge in [-0.3, -0.25) is 0 Å². The maximum atomic E-state index is 6.79. The molecule has 2 N–H and O–H groups in total. The monoisotopic (exact) mass is 681 g/mol. The molecule has 2 aliphatic carbocycles. The smallest absolute Gasteiger partial charge is 0.0205 e. The van der Waals surface area contributed by atoms with Gasteiger partial charge in [0.05, 0.1) is 0 Å². The fourth-order valence-electron chi connectivity index (χ4n) is 8.66. The zero-order valence-corrected chi connectivity index (χ0v) is 30.7. The van der Waals surface area contributed by atoms with Crippen LogP contribution in [0.25, 0.3) is 71.6 Å². The normalized spacial score (nSPS) is 14.8. The number of allylic oxidation sites excluding steroid dienone is 8. The van der Waals surface area contributed by atoms with Crippen LogP contribution in [-0.4, -0.2) is 0 Å². The van der Waals surface area contributed by atoms with Gasteiger partial charge in [-0.05, 0) is 106 Å². The molecule has 0 amide bonds. The highest BCUT2D eigenvalue weighted by Gasteiger charge is 2.30. The molecule has 0 atom stereocenters. The topological polar surface area (TPSA) is 26.0 Å². The SMILES string of the molecule is CC(C)(C)c1c(-c2ccc(-c3c4ccccc4c(-c4ccc(-c5ccccc5)cc4)c4ccccc34)cc2)ccc2c1CC(N)=C2/C=C1/C=CC=CC1. The van der Waals surface area contributed by atoms with Crippen molar-refractivity contribution in [1.82, 2.24) is 0 Å². The van der Waals surface area contributed by atoms with Crippen molar-refractivity contribution in [2.45, 2.75) is 39.0 Å². The van der Waals surface area contributed by atoms with Crippen LogP contribution in [0.15, 0.2) is 181 Å². The van der Waals surface area contributed by atoms with E-state index < -0.39 is 0 Å². The third kappa shape index (κ3) is 5.83. The van der Waals surface area contributed by atoms with Crippen molar-refractivity contribution < 1.29 is 0 Å². The van der Waals surface area contributed by atoms with Crippen molar-refractivity contribution >= 4 is 27.1 Å². The Kier molecular flexibility index (Phi) is 8.09. The standard InChI is InChI=1S/C52H43N/c1-52(2,3)51-40(30-31-41-46(48(53)33-47(41)51)32-34-14-6-4-7-15-34)37-24-28-39(29-25-37)50-44-20-12-10-18-42(44)49(43-19-11-13-21-45(43)50)38-26-22-36(23-27-38)35-16-8-5-9-17-35/h4-14,16-32H,15,33,53H2,1-3H3/b34-32-. The molecular weight excluding hydrogens is 639 g/mol. The van der Waals surface area contributed by atoms with Crippen molar-refractivity contribution in [3.05, 3.63) is 198 Å². The average molecular weight is 682 g/mol. The number of rotatable bonds is 5. The van der Waals surface area contributed by atoms with E-state index in [1.165, 1.54) is 93.9 Å². The number of fused-ring (bicyclic) bond motifs is 3. The van der Waals surface area contributed by atoms with Crippen molar-refractivity contribution in [3.63, 3.8) is 0 Å². The van der Waals surface area contributed by atoms with E-state index in [0.717, 1.165) is 18.5 Å². The minimum atomic E-state index is -0.0583. The molecule has 53 heavy (non-hydrogen) atoms. The van der Waals surface area contributed by atoms with Crippen LogP contribution in [0, 0.1) is 0 Å². The highest BCUT2D eigenvalue weighted by Crippen LogP contribution is 2.46. The molecule has 0 aliphatic heterocycles. The summed E-state index contributed by atoms with van der Waals surface area (Å²) in [5.74, 6) is 0. The van der Waals surface area contributed by atoms with E-state index in [0.29, 0.717) is 0 Å². The van der Waals surface area contributed by atoms with E-state index in [2.05, 4.69) is 191 Å². The van der Waals surface area contributed by atoms with Gasteiger partial charge < -0.3 is 5.73 Å². The molecule has 0 aromatic heterocycles. The Labute approximate surface area is 313 Å². The van der Waals surface area contributed by atoms with Crippen molar-refractivity contribution in [3.8, 4) is 44.5 Å². The maximum Gasteiger partial charge on any atom is 0.0205 e. The van der Waals surface area contributed by atoms with E-state index >= 15 is 0 Å². The minimum Gasteiger partial charge on any atom is -0.401 e. The maximum absolute atomic E-state index is 6.79. The van der Waals surface area contributed by atoms with Crippen LogP contribution in [0.3, 0.4) is 0 Å². The molecule has 256 valence electrons.